The third-order valence-electron chi connectivity index (χ3n) is 5.20. The molecule has 0 bridgehead atoms. The molecule has 0 unspecified atom stereocenters. The molecule has 1 saturated heterocycles. The van der Waals surface area contributed by atoms with Crippen LogP contribution in [0, 0.1) is 5.92 Å². The lowest BCUT2D eigenvalue weighted by Gasteiger charge is -2.26. The van der Waals surface area contributed by atoms with Crippen LogP contribution in [-0.2, 0) is 14.3 Å². The average molecular weight is 360 g/mol. The predicted molar refractivity (Wildman–Crippen MR) is 97.8 cm³/mol. The highest BCUT2D eigenvalue weighted by Crippen LogP contribution is 2.31. The summed E-state index contributed by atoms with van der Waals surface area (Å²) >= 11 is 0. The molecular weight excluding hydrogens is 332 g/mol. The van der Waals surface area contributed by atoms with Gasteiger partial charge in [0.05, 0.1) is 13.2 Å². The second-order valence-electron chi connectivity index (χ2n) is 7.06. The van der Waals surface area contributed by atoms with Gasteiger partial charge in [-0.05, 0) is 25.0 Å². The highest BCUT2D eigenvalue weighted by molar-refractivity contribution is 5.89. The van der Waals surface area contributed by atoms with Crippen molar-refractivity contribution >= 4 is 11.8 Å². The van der Waals surface area contributed by atoms with E-state index >= 15 is 0 Å². The Morgan fingerprint density at radius 1 is 1.19 bits per heavy atom. The molecule has 2 aliphatic rings. The highest BCUT2D eigenvalue weighted by Gasteiger charge is 2.42. The number of para-hydroxylation sites is 1. The first-order valence-electron chi connectivity index (χ1n) is 9.48. The molecular formula is C20H28N2O4. The van der Waals surface area contributed by atoms with E-state index in [1.165, 1.54) is 0 Å². The van der Waals surface area contributed by atoms with Crippen molar-refractivity contribution in [3.63, 3.8) is 0 Å². The molecule has 1 aromatic rings. The molecule has 2 atom stereocenters. The lowest BCUT2D eigenvalue weighted by Crippen LogP contribution is -2.48. The number of ether oxygens (including phenoxy) is 2. The number of carbonyl (C=O) groups is 2. The predicted octanol–water partition coefficient (Wildman–Crippen LogP) is 1.99. The number of hydrogen-bond acceptors (Lipinski definition) is 4. The zero-order chi connectivity index (χ0) is 18.4. The van der Waals surface area contributed by atoms with E-state index < -0.39 is 6.04 Å². The molecule has 2 fully saturated rings. The number of benzene rings is 1. The number of rotatable bonds is 7. The highest BCUT2D eigenvalue weighted by atomic mass is 16.5. The molecule has 1 aliphatic heterocycles. The van der Waals surface area contributed by atoms with E-state index in [0.29, 0.717) is 26.1 Å². The maximum absolute atomic E-state index is 13.0. The van der Waals surface area contributed by atoms with Crippen LogP contribution in [0.25, 0.3) is 0 Å². The number of carbonyl (C=O) groups excluding carboxylic acids is 2. The van der Waals surface area contributed by atoms with Crippen molar-refractivity contribution in [3.8, 4) is 5.75 Å². The van der Waals surface area contributed by atoms with Crippen molar-refractivity contribution in [1.29, 1.82) is 0 Å². The van der Waals surface area contributed by atoms with Gasteiger partial charge in [-0.1, -0.05) is 31.0 Å². The lowest BCUT2D eigenvalue weighted by molar-refractivity contribution is -0.141. The minimum atomic E-state index is -0.464. The summed E-state index contributed by atoms with van der Waals surface area (Å²) in [5, 5.41) is 2.87. The molecule has 6 nitrogen and oxygen atoms in total. The first kappa shape index (κ1) is 18.7. The Labute approximate surface area is 154 Å². The molecule has 0 spiro atoms. The fourth-order valence-corrected chi connectivity index (χ4v) is 3.87. The molecule has 1 N–H and O–H groups in total. The molecule has 0 radical (unpaired) electrons. The summed E-state index contributed by atoms with van der Waals surface area (Å²) < 4.78 is 11.0. The van der Waals surface area contributed by atoms with Crippen molar-refractivity contribution in [2.24, 2.45) is 5.92 Å². The molecule has 1 aromatic carbocycles. The Bertz CT molecular complexity index is 601. The number of hydrogen-bond donors (Lipinski definition) is 1. The monoisotopic (exact) mass is 360 g/mol. The molecule has 1 saturated carbocycles. The smallest absolute Gasteiger partial charge is 0.243 e. The van der Waals surface area contributed by atoms with Gasteiger partial charge in [0.15, 0.2) is 0 Å². The van der Waals surface area contributed by atoms with Crippen LogP contribution in [0.3, 0.4) is 0 Å². The van der Waals surface area contributed by atoms with Crippen LogP contribution >= 0.6 is 0 Å². The third-order valence-corrected chi connectivity index (χ3v) is 5.20. The number of nitrogens with zero attached hydrogens (tertiary/aromatic N) is 1. The van der Waals surface area contributed by atoms with Crippen LogP contribution in [0.15, 0.2) is 30.3 Å². The Morgan fingerprint density at radius 3 is 2.62 bits per heavy atom. The second kappa shape index (κ2) is 9.03. The summed E-state index contributed by atoms with van der Waals surface area (Å²) in [6.45, 7) is 1.37. The summed E-state index contributed by atoms with van der Waals surface area (Å²) in [6, 6.07) is 9.10. The largest absolute Gasteiger partial charge is 0.488 e. The van der Waals surface area contributed by atoms with E-state index in [4.69, 9.17) is 9.47 Å². The Balaban J connectivity index is 1.67. The summed E-state index contributed by atoms with van der Waals surface area (Å²) in [4.78, 5) is 27.3. The van der Waals surface area contributed by atoms with Gasteiger partial charge in [0, 0.05) is 26.0 Å². The van der Waals surface area contributed by atoms with E-state index in [1.54, 1.807) is 12.0 Å². The van der Waals surface area contributed by atoms with E-state index in [-0.39, 0.29) is 23.8 Å². The van der Waals surface area contributed by atoms with Gasteiger partial charge in [-0.15, -0.1) is 0 Å². The van der Waals surface area contributed by atoms with Crippen LogP contribution < -0.4 is 10.1 Å². The molecule has 142 valence electrons. The van der Waals surface area contributed by atoms with Gasteiger partial charge in [0.25, 0.3) is 0 Å². The maximum Gasteiger partial charge on any atom is 0.243 e. The first-order chi connectivity index (χ1) is 12.7. The minimum absolute atomic E-state index is 0.0553. The van der Waals surface area contributed by atoms with Gasteiger partial charge in [-0.3, -0.25) is 9.59 Å². The van der Waals surface area contributed by atoms with Crippen LogP contribution in [0.4, 0.5) is 0 Å². The number of amides is 2. The molecule has 6 heteroatoms. The number of nitrogens with one attached hydrogen (secondary N) is 1. The Morgan fingerprint density at radius 2 is 1.92 bits per heavy atom. The lowest BCUT2D eigenvalue weighted by atomic mass is 10.1. The maximum atomic E-state index is 13.0. The van der Waals surface area contributed by atoms with Gasteiger partial charge < -0.3 is 19.7 Å². The van der Waals surface area contributed by atoms with E-state index in [0.717, 1.165) is 31.4 Å². The molecule has 26 heavy (non-hydrogen) atoms. The topological polar surface area (TPSA) is 67.9 Å². The molecule has 1 aliphatic carbocycles. The van der Waals surface area contributed by atoms with E-state index in [1.807, 2.05) is 30.3 Å². The second-order valence-corrected chi connectivity index (χ2v) is 7.06. The Hall–Kier alpha value is -2.08. The quantitative estimate of drug-likeness (QED) is 0.755. The van der Waals surface area contributed by atoms with Crippen LogP contribution in [0.2, 0.25) is 0 Å². The van der Waals surface area contributed by atoms with Crippen molar-refractivity contribution in [2.75, 3.05) is 26.8 Å². The summed E-state index contributed by atoms with van der Waals surface area (Å²) in [5.41, 5.74) is 0. The van der Waals surface area contributed by atoms with Crippen LogP contribution in [0.5, 0.6) is 5.75 Å². The van der Waals surface area contributed by atoms with E-state index in [2.05, 4.69) is 5.32 Å². The van der Waals surface area contributed by atoms with Gasteiger partial charge in [-0.25, -0.2) is 0 Å². The number of likely N-dealkylation sites (tertiary alicyclic amines) is 1. The minimum Gasteiger partial charge on any atom is -0.488 e. The van der Waals surface area contributed by atoms with Crippen molar-refractivity contribution < 1.29 is 19.1 Å². The zero-order valence-electron chi connectivity index (χ0n) is 15.4. The van der Waals surface area contributed by atoms with Gasteiger partial charge in [0.1, 0.15) is 17.9 Å². The van der Waals surface area contributed by atoms with E-state index in [9.17, 15) is 9.59 Å². The fraction of sp³-hybridized carbons (Fsp3) is 0.600. The normalized spacial score (nSPS) is 23.2. The van der Waals surface area contributed by atoms with Crippen molar-refractivity contribution in [1.82, 2.24) is 10.2 Å². The van der Waals surface area contributed by atoms with Crippen LogP contribution in [0.1, 0.15) is 32.1 Å². The standard InChI is InChI=1S/C20H28N2O4/c1-25-12-11-21-19(23)18-13-17(26-16-9-3-2-4-10-16)14-22(18)20(24)15-7-5-6-8-15/h2-4,9-10,15,17-18H,5-8,11-14H2,1H3,(H,21,23)/t17-,18-/m0/s1. The van der Waals surface area contributed by atoms with Crippen molar-refractivity contribution in [2.45, 2.75) is 44.2 Å². The molecule has 2 amide bonds. The van der Waals surface area contributed by atoms with Crippen molar-refractivity contribution in [3.05, 3.63) is 30.3 Å². The summed E-state index contributed by atoms with van der Waals surface area (Å²) in [5.74, 6) is 0.812. The third kappa shape index (κ3) is 4.55. The summed E-state index contributed by atoms with van der Waals surface area (Å²) in [7, 11) is 1.60. The van der Waals surface area contributed by atoms with Gasteiger partial charge >= 0.3 is 0 Å². The van der Waals surface area contributed by atoms with Gasteiger partial charge in [-0.2, -0.15) is 0 Å². The fourth-order valence-electron chi connectivity index (χ4n) is 3.87. The SMILES string of the molecule is COCCNC(=O)[C@@H]1C[C@H](Oc2ccccc2)CN1C(=O)C1CCCC1. The average Bonchev–Trinajstić information content (AvgIpc) is 3.32. The Kier molecular flexibility index (Phi) is 6.50. The molecule has 0 aromatic heterocycles. The molecule has 1 heterocycles. The zero-order valence-corrected chi connectivity index (χ0v) is 15.4. The summed E-state index contributed by atoms with van der Waals surface area (Å²) in [6.07, 6.45) is 4.40. The van der Waals surface area contributed by atoms with Gasteiger partial charge in [0.2, 0.25) is 11.8 Å². The number of methoxy groups -OCH3 is 1. The first-order valence-corrected chi connectivity index (χ1v) is 9.48. The molecule has 3 rings (SSSR count). The van der Waals surface area contributed by atoms with Crippen LogP contribution in [-0.4, -0.2) is 55.7 Å².